The fourth-order valence-corrected chi connectivity index (χ4v) is 2.29. The molecule has 134 valence electrons. The van der Waals surface area contributed by atoms with Crippen molar-refractivity contribution in [3.63, 3.8) is 0 Å². The average molecular weight is 352 g/mol. The molecule has 26 heavy (non-hydrogen) atoms. The molecule has 0 bridgehead atoms. The van der Waals surface area contributed by atoms with Crippen molar-refractivity contribution < 1.29 is 14.1 Å². The summed E-state index contributed by atoms with van der Waals surface area (Å²) in [6.45, 7) is 5.68. The second-order valence-corrected chi connectivity index (χ2v) is 6.00. The third kappa shape index (κ3) is 4.38. The van der Waals surface area contributed by atoms with E-state index in [-0.39, 0.29) is 12.0 Å². The summed E-state index contributed by atoms with van der Waals surface area (Å²) in [5.41, 5.74) is 1.61. The molecule has 3 rings (SSSR count). The molecular weight excluding hydrogens is 332 g/mol. The zero-order chi connectivity index (χ0) is 18.5. The van der Waals surface area contributed by atoms with Gasteiger partial charge < -0.3 is 19.9 Å². The van der Waals surface area contributed by atoms with Gasteiger partial charge >= 0.3 is 0 Å². The topological polar surface area (TPSA) is 89.3 Å². The number of anilines is 3. The number of amides is 1. The van der Waals surface area contributed by atoms with Crippen LogP contribution in [0.4, 0.5) is 17.2 Å². The van der Waals surface area contributed by atoms with E-state index in [1.54, 1.807) is 30.5 Å². The highest BCUT2D eigenvalue weighted by Gasteiger charge is 2.12. The number of hydrogen-bond acceptors (Lipinski definition) is 6. The molecule has 1 amide bonds. The lowest BCUT2D eigenvalue weighted by atomic mass is 10.2. The van der Waals surface area contributed by atoms with Crippen molar-refractivity contribution in [2.24, 2.45) is 0 Å². The number of aryl methyl sites for hydroxylation is 1. The van der Waals surface area contributed by atoms with Crippen molar-refractivity contribution in [3.8, 4) is 5.75 Å². The number of carbonyl (C=O) groups excluding carboxylic acids is 1. The summed E-state index contributed by atoms with van der Waals surface area (Å²) in [5, 5.41) is 9.73. The first kappa shape index (κ1) is 17.5. The standard InChI is InChI=1S/C19H20N4O3/c1-12(2)25-17-7-5-4-6-15(17)22-19(24)16-9-8-14(11-20-16)21-18-10-13(3)26-23-18/h4-12H,1-3H3,(H,21,23)(H,22,24). The monoisotopic (exact) mass is 352 g/mol. The maximum atomic E-state index is 12.4. The van der Waals surface area contributed by atoms with E-state index in [2.05, 4.69) is 20.8 Å². The molecule has 0 unspecified atom stereocenters. The van der Waals surface area contributed by atoms with Crippen LogP contribution < -0.4 is 15.4 Å². The number of aromatic nitrogens is 2. The lowest BCUT2D eigenvalue weighted by molar-refractivity contribution is 0.102. The lowest BCUT2D eigenvalue weighted by Gasteiger charge is -2.14. The van der Waals surface area contributed by atoms with Gasteiger partial charge in [0.15, 0.2) is 5.82 Å². The van der Waals surface area contributed by atoms with Gasteiger partial charge in [-0.1, -0.05) is 17.3 Å². The fourth-order valence-electron chi connectivity index (χ4n) is 2.29. The highest BCUT2D eigenvalue weighted by Crippen LogP contribution is 2.25. The summed E-state index contributed by atoms with van der Waals surface area (Å²) in [6.07, 6.45) is 1.58. The smallest absolute Gasteiger partial charge is 0.274 e. The minimum Gasteiger partial charge on any atom is -0.489 e. The molecule has 0 atom stereocenters. The first-order valence-electron chi connectivity index (χ1n) is 8.24. The van der Waals surface area contributed by atoms with E-state index in [1.807, 2.05) is 39.0 Å². The van der Waals surface area contributed by atoms with Crippen LogP contribution in [0.1, 0.15) is 30.1 Å². The first-order chi connectivity index (χ1) is 12.5. The van der Waals surface area contributed by atoms with E-state index in [4.69, 9.17) is 9.26 Å². The second kappa shape index (κ2) is 7.69. The van der Waals surface area contributed by atoms with Crippen LogP contribution in [0.15, 0.2) is 53.2 Å². The predicted molar refractivity (Wildman–Crippen MR) is 98.9 cm³/mol. The number of nitrogens with one attached hydrogen (secondary N) is 2. The second-order valence-electron chi connectivity index (χ2n) is 6.00. The SMILES string of the molecule is Cc1cc(Nc2ccc(C(=O)Nc3ccccc3OC(C)C)nc2)no1. The molecule has 2 aromatic heterocycles. The third-order valence-electron chi connectivity index (χ3n) is 3.39. The van der Waals surface area contributed by atoms with Crippen LogP contribution in [0.3, 0.4) is 0 Å². The molecule has 0 aliphatic heterocycles. The Kier molecular flexibility index (Phi) is 5.17. The summed E-state index contributed by atoms with van der Waals surface area (Å²) in [5.74, 6) is 1.60. The molecule has 2 N–H and O–H groups in total. The number of pyridine rings is 1. The third-order valence-corrected chi connectivity index (χ3v) is 3.39. The average Bonchev–Trinajstić information content (AvgIpc) is 3.01. The summed E-state index contributed by atoms with van der Waals surface area (Å²) in [7, 11) is 0. The molecular formula is C19H20N4O3. The van der Waals surface area contributed by atoms with E-state index < -0.39 is 0 Å². The predicted octanol–water partition coefficient (Wildman–Crippen LogP) is 4.16. The van der Waals surface area contributed by atoms with E-state index in [9.17, 15) is 4.79 Å². The van der Waals surface area contributed by atoms with Gasteiger partial charge in [0.1, 0.15) is 17.2 Å². The molecule has 0 saturated heterocycles. The minimum absolute atomic E-state index is 0.0108. The largest absolute Gasteiger partial charge is 0.489 e. The zero-order valence-corrected chi connectivity index (χ0v) is 14.8. The molecule has 2 heterocycles. The highest BCUT2D eigenvalue weighted by molar-refractivity contribution is 6.03. The molecule has 1 aromatic carbocycles. The zero-order valence-electron chi connectivity index (χ0n) is 14.8. The van der Waals surface area contributed by atoms with Crippen molar-refractivity contribution in [1.29, 1.82) is 0 Å². The summed E-state index contributed by atoms with van der Waals surface area (Å²) in [6, 6.07) is 12.5. The van der Waals surface area contributed by atoms with Crippen LogP contribution >= 0.6 is 0 Å². The Labute approximate surface area is 151 Å². The van der Waals surface area contributed by atoms with Crippen molar-refractivity contribution >= 4 is 23.1 Å². The Morgan fingerprint density at radius 2 is 2.00 bits per heavy atom. The quantitative estimate of drug-likeness (QED) is 0.692. The van der Waals surface area contributed by atoms with Crippen molar-refractivity contribution in [2.45, 2.75) is 26.9 Å². The Morgan fingerprint density at radius 3 is 2.65 bits per heavy atom. The van der Waals surface area contributed by atoms with Crippen LogP contribution in [0.25, 0.3) is 0 Å². The van der Waals surface area contributed by atoms with E-state index in [0.29, 0.717) is 34.4 Å². The van der Waals surface area contributed by atoms with E-state index in [0.717, 1.165) is 0 Å². The molecule has 3 aromatic rings. The fraction of sp³-hybridized carbons (Fsp3) is 0.211. The number of benzene rings is 1. The van der Waals surface area contributed by atoms with Gasteiger partial charge in [-0.3, -0.25) is 4.79 Å². The number of nitrogens with zero attached hydrogens (tertiary/aromatic N) is 2. The Hall–Kier alpha value is -3.35. The van der Waals surface area contributed by atoms with Crippen molar-refractivity contribution in [2.75, 3.05) is 10.6 Å². The molecule has 0 aliphatic rings. The minimum atomic E-state index is -0.311. The van der Waals surface area contributed by atoms with Gasteiger partial charge in [-0.25, -0.2) is 4.98 Å². The summed E-state index contributed by atoms with van der Waals surface area (Å²) < 4.78 is 10.7. The van der Waals surface area contributed by atoms with Gasteiger partial charge in [-0.2, -0.15) is 0 Å². The van der Waals surface area contributed by atoms with Gasteiger partial charge in [0.25, 0.3) is 5.91 Å². The van der Waals surface area contributed by atoms with Gasteiger partial charge in [-0.15, -0.1) is 0 Å². The Balaban J connectivity index is 1.69. The summed E-state index contributed by atoms with van der Waals surface area (Å²) in [4.78, 5) is 16.6. The van der Waals surface area contributed by atoms with Crippen molar-refractivity contribution in [3.05, 3.63) is 60.1 Å². The molecule has 0 radical (unpaired) electrons. The molecule has 0 saturated carbocycles. The number of rotatable bonds is 6. The maximum Gasteiger partial charge on any atom is 0.274 e. The molecule has 7 nitrogen and oxygen atoms in total. The van der Waals surface area contributed by atoms with E-state index >= 15 is 0 Å². The van der Waals surface area contributed by atoms with Gasteiger partial charge in [-0.05, 0) is 45.0 Å². The van der Waals surface area contributed by atoms with Gasteiger partial charge in [0.2, 0.25) is 0 Å². The normalized spacial score (nSPS) is 10.6. The molecule has 0 aliphatic carbocycles. The van der Waals surface area contributed by atoms with Crippen molar-refractivity contribution in [1.82, 2.24) is 10.1 Å². The van der Waals surface area contributed by atoms with Crippen LogP contribution in [0.2, 0.25) is 0 Å². The van der Waals surface area contributed by atoms with Gasteiger partial charge in [0, 0.05) is 6.07 Å². The Morgan fingerprint density at radius 1 is 1.19 bits per heavy atom. The maximum absolute atomic E-state index is 12.4. The first-order valence-corrected chi connectivity index (χ1v) is 8.24. The van der Waals surface area contributed by atoms with Gasteiger partial charge in [0.05, 0.1) is 23.7 Å². The molecule has 0 spiro atoms. The van der Waals surface area contributed by atoms with Crippen LogP contribution in [-0.4, -0.2) is 22.2 Å². The van der Waals surface area contributed by atoms with E-state index in [1.165, 1.54) is 0 Å². The van der Waals surface area contributed by atoms with Crippen LogP contribution in [0.5, 0.6) is 5.75 Å². The molecule has 7 heteroatoms. The van der Waals surface area contributed by atoms with Crippen LogP contribution in [-0.2, 0) is 0 Å². The lowest BCUT2D eigenvalue weighted by Crippen LogP contribution is -2.15. The number of ether oxygens (including phenoxy) is 1. The van der Waals surface area contributed by atoms with Crippen LogP contribution in [0, 0.1) is 6.92 Å². The Bertz CT molecular complexity index is 888. The number of para-hydroxylation sites is 2. The number of carbonyl (C=O) groups is 1. The number of hydrogen-bond donors (Lipinski definition) is 2. The molecule has 0 fully saturated rings. The summed E-state index contributed by atoms with van der Waals surface area (Å²) >= 11 is 0. The highest BCUT2D eigenvalue weighted by atomic mass is 16.5.